The number of imidazole rings is 1. The van der Waals surface area contributed by atoms with Gasteiger partial charge in [0.05, 0.1) is 46.3 Å². The lowest BCUT2D eigenvalue weighted by Crippen LogP contribution is -2.32. The molecule has 0 aliphatic carbocycles. The van der Waals surface area contributed by atoms with Gasteiger partial charge in [-0.3, -0.25) is 10.2 Å². The number of aromatic nitrogens is 3. The number of alkyl halides is 3. The number of methoxy groups -OCH3 is 1. The Morgan fingerprint density at radius 3 is 2.56 bits per heavy atom. The van der Waals surface area contributed by atoms with Gasteiger partial charge in [0.1, 0.15) is 5.75 Å². The smallest absolute Gasteiger partial charge is 0.416 e. The van der Waals surface area contributed by atoms with Crippen LogP contribution in [0.4, 0.5) is 40.1 Å². The SMILES string of the molecule is COC(=O)Nc1nc2cc(Oc3ccc(N(C(N)=O)c4cc(C(F)(F)F)ccc4Cl)cn3)ccc2[nH]1. The van der Waals surface area contributed by atoms with Gasteiger partial charge < -0.3 is 20.2 Å². The summed E-state index contributed by atoms with van der Waals surface area (Å²) in [7, 11) is 1.22. The van der Waals surface area contributed by atoms with Crippen LogP contribution in [-0.4, -0.2) is 34.2 Å². The first-order valence-corrected chi connectivity index (χ1v) is 10.4. The van der Waals surface area contributed by atoms with Gasteiger partial charge in [-0.05, 0) is 36.4 Å². The van der Waals surface area contributed by atoms with Crippen LogP contribution in [0.5, 0.6) is 11.6 Å². The maximum Gasteiger partial charge on any atom is 0.416 e. The molecular formula is C22H16ClF3N6O4. The van der Waals surface area contributed by atoms with Gasteiger partial charge in [0.15, 0.2) is 0 Å². The lowest BCUT2D eigenvalue weighted by atomic mass is 10.1. The fourth-order valence-corrected chi connectivity index (χ4v) is 3.39. The molecule has 0 unspecified atom stereocenters. The molecule has 0 saturated carbocycles. The van der Waals surface area contributed by atoms with Crippen molar-refractivity contribution >= 4 is 52.1 Å². The van der Waals surface area contributed by atoms with E-state index < -0.39 is 23.9 Å². The Kier molecular flexibility index (Phi) is 6.57. The summed E-state index contributed by atoms with van der Waals surface area (Å²) in [6.07, 6.45) is -4.14. The van der Waals surface area contributed by atoms with Crippen LogP contribution in [0.2, 0.25) is 5.02 Å². The highest BCUT2D eigenvalue weighted by Gasteiger charge is 2.32. The molecule has 2 heterocycles. The van der Waals surface area contributed by atoms with E-state index in [1.807, 2.05) is 0 Å². The van der Waals surface area contributed by atoms with Crippen molar-refractivity contribution in [3.63, 3.8) is 0 Å². The molecule has 36 heavy (non-hydrogen) atoms. The van der Waals surface area contributed by atoms with Gasteiger partial charge in [-0.25, -0.2) is 19.6 Å². The van der Waals surface area contributed by atoms with Gasteiger partial charge in [-0.15, -0.1) is 0 Å². The normalized spacial score (nSPS) is 11.2. The summed E-state index contributed by atoms with van der Waals surface area (Å²) in [5.74, 6) is 0.643. The highest BCUT2D eigenvalue weighted by atomic mass is 35.5. The molecule has 0 fully saturated rings. The average Bonchev–Trinajstić information content (AvgIpc) is 3.22. The number of carbonyl (C=O) groups excluding carboxylic acids is 2. The number of anilines is 3. The van der Waals surface area contributed by atoms with E-state index in [0.29, 0.717) is 16.8 Å². The first-order chi connectivity index (χ1) is 17.0. The van der Waals surface area contributed by atoms with E-state index >= 15 is 0 Å². The first kappa shape index (κ1) is 24.6. The molecule has 2 aromatic heterocycles. The van der Waals surface area contributed by atoms with Crippen LogP contribution in [0.15, 0.2) is 54.7 Å². The van der Waals surface area contributed by atoms with Crippen molar-refractivity contribution in [3.8, 4) is 11.6 Å². The fraction of sp³-hybridized carbons (Fsp3) is 0.0909. The molecule has 0 aliphatic rings. The first-order valence-electron chi connectivity index (χ1n) is 10.00. The van der Waals surface area contributed by atoms with Crippen LogP contribution in [0.25, 0.3) is 11.0 Å². The number of hydrogen-bond acceptors (Lipinski definition) is 6. The number of H-pyrrole nitrogens is 1. The van der Waals surface area contributed by atoms with E-state index in [1.165, 1.54) is 25.4 Å². The molecule has 10 nitrogen and oxygen atoms in total. The number of benzene rings is 2. The Labute approximate surface area is 205 Å². The van der Waals surface area contributed by atoms with Crippen LogP contribution in [0.1, 0.15) is 5.56 Å². The second kappa shape index (κ2) is 9.62. The maximum absolute atomic E-state index is 13.2. The predicted molar refractivity (Wildman–Crippen MR) is 125 cm³/mol. The third-order valence-corrected chi connectivity index (χ3v) is 5.12. The van der Waals surface area contributed by atoms with Crippen LogP contribution < -0.4 is 20.7 Å². The third kappa shape index (κ3) is 5.25. The monoisotopic (exact) mass is 520 g/mol. The highest BCUT2D eigenvalue weighted by Crippen LogP contribution is 2.38. The number of halogens is 4. The predicted octanol–water partition coefficient (Wildman–Crippen LogP) is 5.82. The lowest BCUT2D eigenvalue weighted by Gasteiger charge is -2.22. The molecule has 0 spiro atoms. The minimum atomic E-state index is -4.65. The number of hydrogen-bond donors (Lipinski definition) is 3. The summed E-state index contributed by atoms with van der Waals surface area (Å²) in [5.41, 5.74) is 5.34. The number of primary amides is 1. The molecule has 0 aliphatic heterocycles. The third-order valence-electron chi connectivity index (χ3n) is 4.80. The Hall–Kier alpha value is -4.52. The van der Waals surface area contributed by atoms with Crippen LogP contribution in [0, 0.1) is 0 Å². The van der Waals surface area contributed by atoms with Gasteiger partial charge in [0, 0.05) is 12.1 Å². The number of rotatable bonds is 5. The lowest BCUT2D eigenvalue weighted by molar-refractivity contribution is -0.137. The van der Waals surface area contributed by atoms with E-state index in [-0.39, 0.29) is 28.2 Å². The van der Waals surface area contributed by atoms with Crippen LogP contribution in [0.3, 0.4) is 0 Å². The number of nitrogens with two attached hydrogens (primary N) is 1. The number of aromatic amines is 1. The fourth-order valence-electron chi connectivity index (χ4n) is 3.19. The van der Waals surface area contributed by atoms with Crippen LogP contribution in [-0.2, 0) is 10.9 Å². The Morgan fingerprint density at radius 1 is 1.14 bits per heavy atom. The molecule has 0 bridgehead atoms. The molecular weight excluding hydrogens is 505 g/mol. The highest BCUT2D eigenvalue weighted by molar-refractivity contribution is 6.34. The summed E-state index contributed by atoms with van der Waals surface area (Å²) in [6.45, 7) is 0. The molecule has 0 radical (unpaired) electrons. The standard InChI is InChI=1S/C22H16ClF3N6O4/c1-35-21(34)31-20-29-15-6-4-13(9-16(15)30-20)36-18-7-3-12(10-28-18)32(19(27)33)17-8-11(22(24,25)26)2-5-14(17)23/h2-10H,1H3,(H2,27,33)(H2,29,30,31,34). The second-order valence-corrected chi connectivity index (χ2v) is 7.58. The number of carbonyl (C=O) groups is 2. The molecule has 0 saturated heterocycles. The Balaban J connectivity index is 1.57. The van der Waals surface area contributed by atoms with E-state index in [1.54, 1.807) is 18.2 Å². The number of nitrogens with one attached hydrogen (secondary N) is 2. The molecule has 4 N–H and O–H groups in total. The summed E-state index contributed by atoms with van der Waals surface area (Å²) in [5, 5.41) is 2.29. The van der Waals surface area contributed by atoms with E-state index in [0.717, 1.165) is 23.1 Å². The molecule has 14 heteroatoms. The van der Waals surface area contributed by atoms with E-state index in [9.17, 15) is 22.8 Å². The van der Waals surface area contributed by atoms with Crippen molar-refractivity contribution in [3.05, 3.63) is 65.3 Å². The number of fused-ring (bicyclic) bond motifs is 1. The summed E-state index contributed by atoms with van der Waals surface area (Å²) in [4.78, 5) is 35.4. The molecule has 186 valence electrons. The van der Waals surface area contributed by atoms with Gasteiger partial charge in [-0.1, -0.05) is 11.6 Å². The zero-order valence-corrected chi connectivity index (χ0v) is 19.0. The van der Waals surface area contributed by atoms with Gasteiger partial charge in [0.25, 0.3) is 0 Å². The largest absolute Gasteiger partial charge is 0.453 e. The quantitative estimate of drug-likeness (QED) is 0.303. The second-order valence-electron chi connectivity index (χ2n) is 7.18. The number of urea groups is 1. The molecule has 2 aromatic carbocycles. The minimum absolute atomic E-state index is 0.0670. The van der Waals surface area contributed by atoms with Crippen molar-refractivity contribution < 1.29 is 32.2 Å². The number of pyridine rings is 1. The molecule has 4 aromatic rings. The van der Waals surface area contributed by atoms with Crippen molar-refractivity contribution in [1.82, 2.24) is 15.0 Å². The minimum Gasteiger partial charge on any atom is -0.453 e. The van der Waals surface area contributed by atoms with E-state index in [4.69, 9.17) is 22.1 Å². The van der Waals surface area contributed by atoms with Gasteiger partial charge in [-0.2, -0.15) is 13.2 Å². The van der Waals surface area contributed by atoms with Gasteiger partial charge in [0.2, 0.25) is 11.8 Å². The summed E-state index contributed by atoms with van der Waals surface area (Å²) < 4.78 is 49.7. The van der Waals surface area contributed by atoms with Crippen LogP contribution >= 0.6 is 11.6 Å². The summed E-state index contributed by atoms with van der Waals surface area (Å²) in [6, 6.07) is 9.13. The number of ether oxygens (including phenoxy) is 2. The zero-order valence-electron chi connectivity index (χ0n) is 18.3. The molecule has 0 atom stereocenters. The Bertz CT molecular complexity index is 1440. The van der Waals surface area contributed by atoms with Crippen molar-refractivity contribution in [2.45, 2.75) is 6.18 Å². The van der Waals surface area contributed by atoms with Gasteiger partial charge >= 0.3 is 18.3 Å². The topological polar surface area (TPSA) is 135 Å². The van der Waals surface area contributed by atoms with Crippen molar-refractivity contribution in [2.75, 3.05) is 17.3 Å². The maximum atomic E-state index is 13.2. The average molecular weight is 521 g/mol. The Morgan fingerprint density at radius 2 is 1.92 bits per heavy atom. The molecule has 4 rings (SSSR count). The van der Waals surface area contributed by atoms with E-state index in [2.05, 4.69) is 25.0 Å². The van der Waals surface area contributed by atoms with Crippen molar-refractivity contribution in [1.29, 1.82) is 0 Å². The van der Waals surface area contributed by atoms with Crippen molar-refractivity contribution in [2.24, 2.45) is 5.73 Å². The number of amides is 3. The summed E-state index contributed by atoms with van der Waals surface area (Å²) >= 11 is 6.06. The number of nitrogens with zero attached hydrogens (tertiary/aromatic N) is 3. The molecule has 3 amide bonds. The zero-order chi connectivity index (χ0) is 26.0.